The van der Waals surface area contributed by atoms with Crippen molar-refractivity contribution in [1.82, 2.24) is 4.98 Å². The van der Waals surface area contributed by atoms with Gasteiger partial charge >= 0.3 is 0 Å². The van der Waals surface area contributed by atoms with E-state index in [1.54, 1.807) is 49.6 Å². The van der Waals surface area contributed by atoms with Crippen LogP contribution in [0.4, 0.5) is 5.69 Å². The Hall–Kier alpha value is -2.78. The van der Waals surface area contributed by atoms with Gasteiger partial charge in [-0.2, -0.15) is 0 Å². The van der Waals surface area contributed by atoms with Crippen LogP contribution in [0.1, 0.15) is 0 Å². The molecule has 30 heavy (non-hydrogen) atoms. The molecule has 0 aliphatic heterocycles. The van der Waals surface area contributed by atoms with Crippen molar-refractivity contribution in [2.45, 2.75) is 0 Å². The van der Waals surface area contributed by atoms with E-state index in [1.165, 1.54) is 0 Å². The number of fused-ring (bicyclic) bond motifs is 1. The Labute approximate surface area is 191 Å². The van der Waals surface area contributed by atoms with Gasteiger partial charge in [-0.15, -0.1) is 0 Å². The first-order valence-electron chi connectivity index (χ1n) is 8.94. The number of ether oxygens (including phenoxy) is 2. The molecule has 0 saturated heterocycles. The minimum atomic E-state index is -0.283. The van der Waals surface area contributed by atoms with Crippen LogP contribution >= 0.6 is 34.2 Å². The number of halogens is 2. The van der Waals surface area contributed by atoms with E-state index in [9.17, 15) is 4.79 Å². The molecule has 0 atom stereocenters. The number of hydrogen-bond donors (Lipinski definition) is 1. The van der Waals surface area contributed by atoms with Crippen LogP contribution in [0.25, 0.3) is 22.6 Å². The SMILES string of the molecule is COc1ccc(OCC(=O)Nc2ccc3oc(-c4cc(I)ccc4Cl)nc3c2)cc1. The number of rotatable bonds is 6. The highest BCUT2D eigenvalue weighted by atomic mass is 127. The second-order valence-electron chi connectivity index (χ2n) is 6.34. The number of nitrogens with one attached hydrogen (secondary N) is 1. The Morgan fingerprint density at radius 2 is 1.87 bits per heavy atom. The van der Waals surface area contributed by atoms with E-state index in [2.05, 4.69) is 32.9 Å². The highest BCUT2D eigenvalue weighted by Crippen LogP contribution is 2.32. The summed E-state index contributed by atoms with van der Waals surface area (Å²) in [6.07, 6.45) is 0. The fraction of sp³-hybridized carbons (Fsp3) is 0.0909. The van der Waals surface area contributed by atoms with Crippen molar-refractivity contribution in [3.05, 3.63) is 69.3 Å². The molecule has 1 aromatic heterocycles. The van der Waals surface area contributed by atoms with Gasteiger partial charge < -0.3 is 19.2 Å². The molecular weight excluding hydrogens is 519 g/mol. The molecule has 0 spiro atoms. The third-order valence-corrected chi connectivity index (χ3v) is 5.26. The van der Waals surface area contributed by atoms with Crippen molar-refractivity contribution in [3.8, 4) is 23.0 Å². The summed E-state index contributed by atoms with van der Waals surface area (Å²) in [5, 5.41) is 3.36. The van der Waals surface area contributed by atoms with Gasteiger partial charge in [-0.1, -0.05) is 11.6 Å². The number of anilines is 1. The fourth-order valence-electron chi connectivity index (χ4n) is 2.80. The molecule has 0 saturated carbocycles. The van der Waals surface area contributed by atoms with Gasteiger partial charge in [0.15, 0.2) is 12.2 Å². The minimum absolute atomic E-state index is 0.119. The zero-order valence-corrected chi connectivity index (χ0v) is 18.7. The molecule has 3 aromatic carbocycles. The lowest BCUT2D eigenvalue weighted by Gasteiger charge is -2.08. The molecule has 0 unspecified atom stereocenters. The Kier molecular flexibility index (Phi) is 6.10. The molecule has 4 aromatic rings. The Morgan fingerprint density at radius 1 is 1.10 bits per heavy atom. The topological polar surface area (TPSA) is 73.6 Å². The summed E-state index contributed by atoms with van der Waals surface area (Å²) in [6, 6.07) is 17.9. The maximum absolute atomic E-state index is 12.2. The third kappa shape index (κ3) is 4.68. The third-order valence-electron chi connectivity index (χ3n) is 4.26. The van der Waals surface area contributed by atoms with Crippen molar-refractivity contribution in [2.24, 2.45) is 0 Å². The predicted molar refractivity (Wildman–Crippen MR) is 124 cm³/mol. The predicted octanol–water partition coefficient (Wildman–Crippen LogP) is 5.78. The van der Waals surface area contributed by atoms with Gasteiger partial charge in [0.1, 0.15) is 17.0 Å². The van der Waals surface area contributed by atoms with Crippen molar-refractivity contribution >= 4 is 56.9 Å². The smallest absolute Gasteiger partial charge is 0.262 e. The van der Waals surface area contributed by atoms with Crippen molar-refractivity contribution in [3.63, 3.8) is 0 Å². The van der Waals surface area contributed by atoms with Crippen molar-refractivity contribution in [1.29, 1.82) is 0 Å². The van der Waals surface area contributed by atoms with Crippen molar-refractivity contribution < 1.29 is 18.7 Å². The van der Waals surface area contributed by atoms with E-state index >= 15 is 0 Å². The summed E-state index contributed by atoms with van der Waals surface area (Å²) in [6.45, 7) is -0.119. The van der Waals surface area contributed by atoms with Gasteiger partial charge in [0.05, 0.1) is 17.7 Å². The molecule has 1 heterocycles. The molecule has 4 rings (SSSR count). The fourth-order valence-corrected chi connectivity index (χ4v) is 3.49. The van der Waals surface area contributed by atoms with Gasteiger partial charge in [0, 0.05) is 9.26 Å². The standard InChI is InChI=1S/C22H16ClIN2O4/c1-28-15-4-6-16(7-5-15)29-12-21(27)25-14-3-9-20-19(11-14)26-22(30-20)17-10-13(24)2-8-18(17)23/h2-11H,12H2,1H3,(H,25,27). The first-order valence-corrected chi connectivity index (χ1v) is 10.4. The monoisotopic (exact) mass is 534 g/mol. The Balaban J connectivity index is 1.45. The Morgan fingerprint density at radius 3 is 2.63 bits per heavy atom. The first kappa shape index (κ1) is 20.5. The average molecular weight is 535 g/mol. The normalized spacial score (nSPS) is 10.8. The van der Waals surface area contributed by atoms with Crippen LogP contribution in [0.5, 0.6) is 11.5 Å². The molecule has 6 nitrogen and oxygen atoms in total. The Bertz CT molecular complexity index is 1210. The summed E-state index contributed by atoms with van der Waals surface area (Å²) in [4.78, 5) is 16.7. The van der Waals surface area contributed by atoms with Crippen LogP contribution in [0, 0.1) is 3.57 Å². The molecule has 0 aliphatic rings. The average Bonchev–Trinajstić information content (AvgIpc) is 3.17. The van der Waals surface area contributed by atoms with Gasteiger partial charge in [0.25, 0.3) is 5.91 Å². The molecule has 1 amide bonds. The molecule has 0 aliphatic carbocycles. The number of amides is 1. The largest absolute Gasteiger partial charge is 0.497 e. The second-order valence-corrected chi connectivity index (χ2v) is 7.99. The maximum atomic E-state index is 12.2. The molecule has 152 valence electrons. The molecule has 8 heteroatoms. The number of carbonyl (C=O) groups excluding carboxylic acids is 1. The van der Waals surface area contributed by atoms with Gasteiger partial charge in [-0.3, -0.25) is 4.79 Å². The summed E-state index contributed by atoms with van der Waals surface area (Å²) < 4.78 is 17.4. The number of oxazole rings is 1. The molecule has 1 N–H and O–H groups in total. The van der Waals surface area contributed by atoms with Crippen LogP contribution in [-0.2, 0) is 4.79 Å². The van der Waals surface area contributed by atoms with Crippen molar-refractivity contribution in [2.75, 3.05) is 19.0 Å². The summed E-state index contributed by atoms with van der Waals surface area (Å²) >= 11 is 8.49. The van der Waals surface area contributed by atoms with Gasteiger partial charge in [0.2, 0.25) is 5.89 Å². The van der Waals surface area contributed by atoms with Crippen LogP contribution in [-0.4, -0.2) is 24.6 Å². The molecule has 0 bridgehead atoms. The quantitative estimate of drug-likeness (QED) is 0.318. The number of hydrogen-bond acceptors (Lipinski definition) is 5. The number of benzene rings is 3. The second kappa shape index (κ2) is 8.93. The van der Waals surface area contributed by atoms with Crippen LogP contribution in [0.2, 0.25) is 5.02 Å². The summed E-state index contributed by atoms with van der Waals surface area (Å²) in [7, 11) is 1.59. The maximum Gasteiger partial charge on any atom is 0.262 e. The van der Waals surface area contributed by atoms with Gasteiger partial charge in [-0.25, -0.2) is 4.98 Å². The molecule has 0 radical (unpaired) electrons. The number of methoxy groups -OCH3 is 1. The highest BCUT2D eigenvalue weighted by Gasteiger charge is 2.13. The summed E-state index contributed by atoms with van der Waals surface area (Å²) in [5.41, 5.74) is 2.54. The number of nitrogens with zero attached hydrogens (tertiary/aromatic N) is 1. The summed E-state index contributed by atoms with van der Waals surface area (Å²) in [5.74, 6) is 1.45. The lowest BCUT2D eigenvalue weighted by Crippen LogP contribution is -2.20. The van der Waals surface area contributed by atoms with E-state index in [0.717, 1.165) is 14.9 Å². The lowest BCUT2D eigenvalue weighted by atomic mass is 10.2. The van der Waals surface area contributed by atoms with E-state index in [0.29, 0.717) is 33.4 Å². The molecular formula is C22H16ClIN2O4. The molecule has 0 fully saturated rings. The van der Waals surface area contributed by atoms with E-state index in [-0.39, 0.29) is 12.5 Å². The first-order chi connectivity index (χ1) is 14.5. The van der Waals surface area contributed by atoms with Crippen LogP contribution in [0.3, 0.4) is 0 Å². The van der Waals surface area contributed by atoms with E-state index in [1.807, 2.05) is 18.2 Å². The number of carbonyl (C=O) groups is 1. The highest BCUT2D eigenvalue weighted by molar-refractivity contribution is 14.1. The number of aromatic nitrogens is 1. The zero-order valence-electron chi connectivity index (χ0n) is 15.8. The van der Waals surface area contributed by atoms with Gasteiger partial charge in [-0.05, 0) is 83.3 Å². The zero-order chi connectivity index (χ0) is 21.1. The lowest BCUT2D eigenvalue weighted by molar-refractivity contribution is -0.118. The minimum Gasteiger partial charge on any atom is -0.497 e. The van der Waals surface area contributed by atoms with Crippen LogP contribution in [0.15, 0.2) is 65.1 Å². The van der Waals surface area contributed by atoms with E-state index in [4.69, 9.17) is 25.5 Å². The van der Waals surface area contributed by atoms with Crippen LogP contribution < -0.4 is 14.8 Å². The van der Waals surface area contributed by atoms with E-state index < -0.39 is 0 Å².